The summed E-state index contributed by atoms with van der Waals surface area (Å²) in [5.41, 5.74) is 4.11. The number of nitrogens with one attached hydrogen (secondary N) is 1. The molecule has 34 heavy (non-hydrogen) atoms. The van der Waals surface area contributed by atoms with Gasteiger partial charge in [0, 0.05) is 12.1 Å². The molecule has 0 spiro atoms. The zero-order valence-corrected chi connectivity index (χ0v) is 18.1. The van der Waals surface area contributed by atoms with Crippen LogP contribution < -0.4 is 19.6 Å². The molecule has 0 heterocycles. The molecule has 1 N–H and O–H groups in total. The first kappa shape index (κ1) is 23.7. The Balaban J connectivity index is 1.53. The van der Waals surface area contributed by atoms with E-state index in [1.807, 2.05) is 6.07 Å². The van der Waals surface area contributed by atoms with Crippen LogP contribution >= 0.6 is 0 Å². The van der Waals surface area contributed by atoms with Crippen LogP contribution in [0.2, 0.25) is 0 Å². The van der Waals surface area contributed by atoms with Crippen molar-refractivity contribution in [3.63, 3.8) is 0 Å². The number of carbonyl (C=O) groups excluding carboxylic acids is 1. The number of ether oxygens (including phenoxy) is 3. The number of amides is 1. The van der Waals surface area contributed by atoms with E-state index in [0.29, 0.717) is 28.4 Å². The van der Waals surface area contributed by atoms with Gasteiger partial charge >= 0.3 is 0 Å². The van der Waals surface area contributed by atoms with Gasteiger partial charge in [-0.15, -0.1) is 0 Å². The number of para-hydroxylation sites is 1. The van der Waals surface area contributed by atoms with E-state index in [-0.39, 0.29) is 18.9 Å². The van der Waals surface area contributed by atoms with Crippen LogP contribution in [0.15, 0.2) is 71.8 Å². The molecule has 0 aliphatic heterocycles. The fourth-order valence-electron chi connectivity index (χ4n) is 2.80. The van der Waals surface area contributed by atoms with Gasteiger partial charge in [-0.05, 0) is 53.6 Å². The first-order chi connectivity index (χ1) is 16.5. The molecule has 3 aromatic rings. The molecular formula is C24H20N4O6. The van der Waals surface area contributed by atoms with E-state index in [9.17, 15) is 14.9 Å². The highest BCUT2D eigenvalue weighted by Gasteiger charge is 2.08. The van der Waals surface area contributed by atoms with Crippen LogP contribution in [0.5, 0.6) is 17.2 Å². The van der Waals surface area contributed by atoms with Crippen molar-refractivity contribution in [2.75, 3.05) is 13.7 Å². The highest BCUT2D eigenvalue weighted by atomic mass is 16.6. The third kappa shape index (κ3) is 6.54. The Morgan fingerprint density at radius 1 is 1.09 bits per heavy atom. The van der Waals surface area contributed by atoms with E-state index in [2.05, 4.69) is 10.5 Å². The Bertz CT molecular complexity index is 1230. The molecule has 0 atom stereocenters. The summed E-state index contributed by atoms with van der Waals surface area (Å²) in [7, 11) is 1.49. The summed E-state index contributed by atoms with van der Waals surface area (Å²) in [6, 6.07) is 19.8. The third-order valence-corrected chi connectivity index (χ3v) is 4.50. The molecule has 0 fully saturated rings. The molecule has 3 aromatic carbocycles. The second-order valence-electron chi connectivity index (χ2n) is 6.81. The molecule has 0 saturated carbocycles. The van der Waals surface area contributed by atoms with Crippen molar-refractivity contribution >= 4 is 17.8 Å². The Labute approximate surface area is 195 Å². The van der Waals surface area contributed by atoms with E-state index in [1.54, 1.807) is 54.6 Å². The summed E-state index contributed by atoms with van der Waals surface area (Å²) in [6.07, 6.45) is 1.43. The summed E-state index contributed by atoms with van der Waals surface area (Å²) in [5, 5.41) is 23.7. The molecule has 0 aliphatic rings. The summed E-state index contributed by atoms with van der Waals surface area (Å²) in [6.45, 7) is -0.0957. The minimum atomic E-state index is -0.487. The van der Waals surface area contributed by atoms with Gasteiger partial charge in [-0.1, -0.05) is 12.1 Å². The van der Waals surface area contributed by atoms with Crippen LogP contribution in [0, 0.1) is 21.4 Å². The molecule has 0 aromatic heterocycles. The molecule has 0 radical (unpaired) electrons. The lowest BCUT2D eigenvalue weighted by Crippen LogP contribution is -2.24. The zero-order valence-electron chi connectivity index (χ0n) is 18.1. The lowest BCUT2D eigenvalue weighted by molar-refractivity contribution is -0.384. The molecule has 0 bridgehead atoms. The normalized spacial score (nSPS) is 10.4. The Hall–Kier alpha value is -4.91. The molecular weight excluding hydrogens is 440 g/mol. The molecule has 0 saturated heterocycles. The predicted octanol–water partition coefficient (Wildman–Crippen LogP) is 3.58. The van der Waals surface area contributed by atoms with E-state index < -0.39 is 10.8 Å². The first-order valence-electron chi connectivity index (χ1n) is 9.98. The summed E-state index contributed by atoms with van der Waals surface area (Å²) < 4.78 is 16.5. The van der Waals surface area contributed by atoms with Crippen molar-refractivity contribution in [2.45, 2.75) is 6.61 Å². The van der Waals surface area contributed by atoms with E-state index >= 15 is 0 Å². The molecule has 10 nitrogen and oxygen atoms in total. The van der Waals surface area contributed by atoms with Crippen LogP contribution in [-0.4, -0.2) is 30.8 Å². The van der Waals surface area contributed by atoms with Crippen molar-refractivity contribution < 1.29 is 23.9 Å². The van der Waals surface area contributed by atoms with Crippen molar-refractivity contribution in [3.05, 3.63) is 93.5 Å². The number of non-ortho nitro benzene ring substituents is 1. The van der Waals surface area contributed by atoms with Gasteiger partial charge in [0.05, 0.1) is 23.8 Å². The number of nitriles is 1. The second-order valence-corrected chi connectivity index (χ2v) is 6.81. The monoisotopic (exact) mass is 460 g/mol. The minimum Gasteiger partial charge on any atom is -0.493 e. The van der Waals surface area contributed by atoms with Crippen LogP contribution in [0.3, 0.4) is 0 Å². The van der Waals surface area contributed by atoms with Gasteiger partial charge in [0.2, 0.25) is 0 Å². The Kier molecular flexibility index (Phi) is 8.13. The van der Waals surface area contributed by atoms with Crippen molar-refractivity contribution in [2.24, 2.45) is 5.10 Å². The second kappa shape index (κ2) is 11.6. The van der Waals surface area contributed by atoms with Crippen LogP contribution in [0.25, 0.3) is 0 Å². The summed E-state index contributed by atoms with van der Waals surface area (Å²) in [4.78, 5) is 22.2. The maximum absolute atomic E-state index is 11.9. The maximum Gasteiger partial charge on any atom is 0.277 e. The SMILES string of the molecule is COc1cc(/C=N/NC(=O)COc2ccccc2C#N)ccc1OCc1ccc([N+](=O)[O-])cc1. The van der Waals surface area contributed by atoms with Gasteiger partial charge in [0.1, 0.15) is 18.4 Å². The van der Waals surface area contributed by atoms with Crippen LogP contribution in [0.4, 0.5) is 5.69 Å². The van der Waals surface area contributed by atoms with Crippen molar-refractivity contribution in [3.8, 4) is 23.3 Å². The Morgan fingerprint density at radius 3 is 2.56 bits per heavy atom. The van der Waals surface area contributed by atoms with Crippen LogP contribution in [-0.2, 0) is 11.4 Å². The number of rotatable bonds is 10. The van der Waals surface area contributed by atoms with Crippen molar-refractivity contribution in [1.29, 1.82) is 5.26 Å². The minimum absolute atomic E-state index is 0.00982. The zero-order chi connectivity index (χ0) is 24.3. The number of carbonyl (C=O) groups is 1. The molecule has 10 heteroatoms. The topological polar surface area (TPSA) is 136 Å². The number of nitro benzene ring substituents is 1. The van der Waals surface area contributed by atoms with Gasteiger partial charge in [0.25, 0.3) is 11.6 Å². The maximum atomic E-state index is 11.9. The highest BCUT2D eigenvalue weighted by Crippen LogP contribution is 2.28. The lowest BCUT2D eigenvalue weighted by Gasteiger charge is -2.11. The summed E-state index contributed by atoms with van der Waals surface area (Å²) in [5.74, 6) is 0.761. The van der Waals surface area contributed by atoms with Gasteiger partial charge in [-0.2, -0.15) is 10.4 Å². The van der Waals surface area contributed by atoms with E-state index in [1.165, 1.54) is 25.5 Å². The molecule has 0 aliphatic carbocycles. The molecule has 3 rings (SSSR count). The average molecular weight is 460 g/mol. The number of hydrazone groups is 1. The summed E-state index contributed by atoms with van der Waals surface area (Å²) >= 11 is 0. The predicted molar refractivity (Wildman–Crippen MR) is 123 cm³/mol. The number of benzene rings is 3. The fraction of sp³-hybridized carbons (Fsp3) is 0.125. The van der Waals surface area contributed by atoms with E-state index in [0.717, 1.165) is 5.56 Å². The van der Waals surface area contributed by atoms with Gasteiger partial charge < -0.3 is 14.2 Å². The quantitative estimate of drug-likeness (QED) is 0.277. The lowest BCUT2D eigenvalue weighted by atomic mass is 10.2. The largest absolute Gasteiger partial charge is 0.493 e. The number of nitrogens with zero attached hydrogens (tertiary/aromatic N) is 3. The number of methoxy groups -OCH3 is 1. The Morgan fingerprint density at radius 2 is 1.85 bits per heavy atom. The van der Waals surface area contributed by atoms with E-state index in [4.69, 9.17) is 19.5 Å². The smallest absolute Gasteiger partial charge is 0.277 e. The van der Waals surface area contributed by atoms with Crippen molar-refractivity contribution in [1.82, 2.24) is 5.43 Å². The third-order valence-electron chi connectivity index (χ3n) is 4.50. The first-order valence-corrected chi connectivity index (χ1v) is 9.98. The number of hydrogen-bond donors (Lipinski definition) is 1. The van der Waals surface area contributed by atoms with Gasteiger partial charge in [0.15, 0.2) is 18.1 Å². The van der Waals surface area contributed by atoms with Gasteiger partial charge in [-0.25, -0.2) is 5.43 Å². The highest BCUT2D eigenvalue weighted by molar-refractivity contribution is 5.83. The number of nitro groups is 1. The molecule has 172 valence electrons. The number of hydrogen-bond acceptors (Lipinski definition) is 8. The molecule has 0 unspecified atom stereocenters. The van der Waals surface area contributed by atoms with Gasteiger partial charge in [-0.3, -0.25) is 14.9 Å². The molecule has 1 amide bonds. The average Bonchev–Trinajstić information content (AvgIpc) is 2.86. The standard InChI is InChI=1S/C24H20N4O6/c1-32-23-12-18(8-11-22(23)33-15-17-6-9-20(10-7-17)28(30)31)14-26-27-24(29)16-34-21-5-3-2-4-19(21)13-25/h2-12,14H,15-16H2,1H3,(H,27,29)/b26-14+. The fourth-order valence-corrected chi connectivity index (χ4v) is 2.80. The van der Waals surface area contributed by atoms with Crippen LogP contribution in [0.1, 0.15) is 16.7 Å².